The number of thiazole rings is 1. The number of aromatic nitrogens is 1. The van der Waals surface area contributed by atoms with Crippen molar-refractivity contribution in [2.24, 2.45) is 0 Å². The van der Waals surface area contributed by atoms with Gasteiger partial charge in [0.15, 0.2) is 5.13 Å². The molecule has 9 heteroatoms. The molecule has 0 radical (unpaired) electrons. The number of nitrogens with one attached hydrogen (secondary N) is 2. The first-order valence-electron chi connectivity index (χ1n) is 8.27. The molecule has 0 aliphatic heterocycles. The molecule has 1 heterocycles. The Bertz CT molecular complexity index is 836. The quantitative estimate of drug-likeness (QED) is 0.652. The molecule has 144 valence electrons. The normalized spacial score (nSPS) is 10.3. The van der Waals surface area contributed by atoms with Gasteiger partial charge in [0, 0.05) is 5.69 Å². The van der Waals surface area contributed by atoms with Gasteiger partial charge in [0.1, 0.15) is 4.88 Å². The van der Waals surface area contributed by atoms with Gasteiger partial charge in [0.05, 0.1) is 23.8 Å². The third-order valence-electron chi connectivity index (χ3n) is 3.27. The van der Waals surface area contributed by atoms with Crippen LogP contribution >= 0.6 is 23.1 Å². The lowest BCUT2D eigenvalue weighted by atomic mass is 10.2. The fraction of sp³-hybridized carbons (Fsp3) is 0.333. The summed E-state index contributed by atoms with van der Waals surface area (Å²) in [5.74, 6) is -0.642. The van der Waals surface area contributed by atoms with E-state index in [2.05, 4.69) is 15.6 Å². The second-order valence-electron chi connectivity index (χ2n) is 5.61. The Hall–Kier alpha value is -2.39. The van der Waals surface area contributed by atoms with Crippen molar-refractivity contribution in [3.63, 3.8) is 0 Å². The molecule has 2 N–H and O–H groups in total. The van der Waals surface area contributed by atoms with Crippen molar-refractivity contribution in [3.05, 3.63) is 40.4 Å². The highest BCUT2D eigenvalue weighted by atomic mass is 32.2. The van der Waals surface area contributed by atoms with Crippen LogP contribution in [0.5, 0.6) is 0 Å². The van der Waals surface area contributed by atoms with E-state index in [1.165, 1.54) is 11.8 Å². The van der Waals surface area contributed by atoms with E-state index in [1.54, 1.807) is 13.8 Å². The predicted molar refractivity (Wildman–Crippen MR) is 109 cm³/mol. The van der Waals surface area contributed by atoms with E-state index in [-0.39, 0.29) is 29.9 Å². The molecule has 0 aliphatic rings. The predicted octanol–water partition coefficient (Wildman–Crippen LogP) is 3.25. The summed E-state index contributed by atoms with van der Waals surface area (Å²) in [5, 5.41) is 5.77. The number of aryl methyl sites for hydroxylation is 2. The molecule has 0 saturated carbocycles. The molecule has 1 aromatic heterocycles. The number of amides is 2. The maximum absolute atomic E-state index is 12.0. The van der Waals surface area contributed by atoms with E-state index in [0.717, 1.165) is 22.6 Å². The average molecular weight is 408 g/mol. The van der Waals surface area contributed by atoms with Crippen LogP contribution in [0.4, 0.5) is 10.8 Å². The molecule has 2 aromatic rings. The first kappa shape index (κ1) is 20.9. The molecule has 2 rings (SSSR count). The number of thioether (sulfide) groups is 1. The SMILES string of the molecule is CCOC(=O)c1sc(NC(=O)CSCC(=O)Nc2cccc(C)c2)nc1C. The summed E-state index contributed by atoms with van der Waals surface area (Å²) in [6.45, 7) is 5.63. The Morgan fingerprint density at radius 2 is 1.85 bits per heavy atom. The molecule has 0 fully saturated rings. The number of esters is 1. The molecule has 1 aromatic carbocycles. The van der Waals surface area contributed by atoms with Crippen molar-refractivity contribution in [3.8, 4) is 0 Å². The van der Waals surface area contributed by atoms with Crippen molar-refractivity contribution in [2.45, 2.75) is 20.8 Å². The largest absolute Gasteiger partial charge is 0.462 e. The van der Waals surface area contributed by atoms with Crippen LogP contribution in [0.3, 0.4) is 0 Å². The minimum absolute atomic E-state index is 0.106. The Balaban J connectivity index is 1.77. The molecular formula is C18H21N3O4S2. The fourth-order valence-corrected chi connectivity index (χ4v) is 3.64. The first-order chi connectivity index (χ1) is 12.9. The topological polar surface area (TPSA) is 97.4 Å². The van der Waals surface area contributed by atoms with Crippen LogP contribution in [0.15, 0.2) is 24.3 Å². The Kier molecular flexibility index (Phi) is 7.81. The van der Waals surface area contributed by atoms with Gasteiger partial charge in [-0.25, -0.2) is 9.78 Å². The zero-order valence-electron chi connectivity index (χ0n) is 15.3. The van der Waals surface area contributed by atoms with E-state index < -0.39 is 5.97 Å². The summed E-state index contributed by atoms with van der Waals surface area (Å²) < 4.78 is 4.94. The minimum atomic E-state index is -0.449. The molecule has 0 unspecified atom stereocenters. The summed E-state index contributed by atoms with van der Waals surface area (Å²) in [7, 11) is 0. The second-order valence-corrected chi connectivity index (χ2v) is 7.60. The van der Waals surface area contributed by atoms with Gasteiger partial charge in [-0.2, -0.15) is 0 Å². The molecule has 2 amide bonds. The highest BCUT2D eigenvalue weighted by molar-refractivity contribution is 8.00. The van der Waals surface area contributed by atoms with E-state index in [1.807, 2.05) is 31.2 Å². The summed E-state index contributed by atoms with van der Waals surface area (Å²) in [6, 6.07) is 7.50. The summed E-state index contributed by atoms with van der Waals surface area (Å²) in [6.07, 6.45) is 0. The lowest BCUT2D eigenvalue weighted by Crippen LogP contribution is -2.18. The van der Waals surface area contributed by atoms with Crippen molar-refractivity contribution in [2.75, 3.05) is 28.7 Å². The molecule has 0 bridgehead atoms. The average Bonchev–Trinajstić information content (AvgIpc) is 2.95. The number of carbonyl (C=O) groups excluding carboxylic acids is 3. The van der Waals surface area contributed by atoms with Gasteiger partial charge in [-0.15, -0.1) is 11.8 Å². The number of anilines is 2. The molecule has 0 spiro atoms. The van der Waals surface area contributed by atoms with Crippen LogP contribution in [0.2, 0.25) is 0 Å². The monoisotopic (exact) mass is 407 g/mol. The third-order valence-corrected chi connectivity index (χ3v) is 5.26. The minimum Gasteiger partial charge on any atom is -0.462 e. The van der Waals surface area contributed by atoms with Crippen molar-refractivity contribution in [1.82, 2.24) is 4.98 Å². The van der Waals surface area contributed by atoms with Crippen molar-refractivity contribution < 1.29 is 19.1 Å². The second kappa shape index (κ2) is 10.1. The van der Waals surface area contributed by atoms with Crippen LogP contribution in [-0.4, -0.2) is 40.9 Å². The highest BCUT2D eigenvalue weighted by Crippen LogP contribution is 2.23. The number of ether oxygens (including phenoxy) is 1. The van der Waals surface area contributed by atoms with Crippen LogP contribution in [0, 0.1) is 13.8 Å². The fourth-order valence-electron chi connectivity index (χ4n) is 2.15. The maximum Gasteiger partial charge on any atom is 0.350 e. The van der Waals surface area contributed by atoms with Gasteiger partial charge in [-0.05, 0) is 38.5 Å². The van der Waals surface area contributed by atoms with Gasteiger partial charge in [0.2, 0.25) is 11.8 Å². The lowest BCUT2D eigenvalue weighted by molar-refractivity contribution is -0.114. The van der Waals surface area contributed by atoms with E-state index in [4.69, 9.17) is 4.74 Å². The summed E-state index contributed by atoms with van der Waals surface area (Å²) in [5.41, 5.74) is 2.30. The molecule has 0 atom stereocenters. The van der Waals surface area contributed by atoms with E-state index in [0.29, 0.717) is 15.7 Å². The molecule has 0 aliphatic carbocycles. The Labute approximate surface area is 165 Å². The first-order valence-corrected chi connectivity index (χ1v) is 10.2. The third kappa shape index (κ3) is 6.69. The Morgan fingerprint density at radius 3 is 2.52 bits per heavy atom. The van der Waals surface area contributed by atoms with Crippen LogP contribution < -0.4 is 10.6 Å². The smallest absolute Gasteiger partial charge is 0.350 e. The number of carbonyl (C=O) groups is 3. The molecule has 0 saturated heterocycles. The summed E-state index contributed by atoms with van der Waals surface area (Å²) >= 11 is 2.27. The van der Waals surface area contributed by atoms with E-state index >= 15 is 0 Å². The van der Waals surface area contributed by atoms with E-state index in [9.17, 15) is 14.4 Å². The molecule has 7 nitrogen and oxygen atoms in total. The zero-order valence-corrected chi connectivity index (χ0v) is 17.0. The standard InChI is InChI=1S/C18H21N3O4S2/c1-4-25-17(24)16-12(3)19-18(27-16)21-15(23)10-26-9-14(22)20-13-7-5-6-11(2)8-13/h5-8H,4,9-10H2,1-3H3,(H,20,22)(H,19,21,23). The number of nitrogens with zero attached hydrogens (tertiary/aromatic N) is 1. The molecule has 27 heavy (non-hydrogen) atoms. The van der Waals surface area contributed by atoms with Gasteiger partial charge in [-0.1, -0.05) is 23.5 Å². The number of hydrogen-bond donors (Lipinski definition) is 2. The number of hydrogen-bond acceptors (Lipinski definition) is 7. The van der Waals surface area contributed by atoms with Crippen LogP contribution in [-0.2, 0) is 14.3 Å². The van der Waals surface area contributed by atoms with Crippen LogP contribution in [0.1, 0.15) is 27.9 Å². The van der Waals surface area contributed by atoms with Gasteiger partial charge >= 0.3 is 5.97 Å². The van der Waals surface area contributed by atoms with Gasteiger partial charge in [0.25, 0.3) is 0 Å². The lowest BCUT2D eigenvalue weighted by Gasteiger charge is -2.06. The van der Waals surface area contributed by atoms with Crippen LogP contribution in [0.25, 0.3) is 0 Å². The van der Waals surface area contributed by atoms with Crippen molar-refractivity contribution in [1.29, 1.82) is 0 Å². The Morgan fingerprint density at radius 1 is 1.15 bits per heavy atom. The van der Waals surface area contributed by atoms with Gasteiger partial charge < -0.3 is 15.4 Å². The number of benzene rings is 1. The maximum atomic E-state index is 12.0. The zero-order chi connectivity index (χ0) is 19.8. The highest BCUT2D eigenvalue weighted by Gasteiger charge is 2.17. The van der Waals surface area contributed by atoms with Crippen molar-refractivity contribution >= 4 is 51.7 Å². The molecular weight excluding hydrogens is 386 g/mol. The van der Waals surface area contributed by atoms with Gasteiger partial charge in [-0.3, -0.25) is 9.59 Å². The number of rotatable bonds is 8. The summed E-state index contributed by atoms with van der Waals surface area (Å²) in [4.78, 5) is 40.2.